The van der Waals surface area contributed by atoms with Crippen molar-refractivity contribution in [2.75, 3.05) is 10.8 Å². The van der Waals surface area contributed by atoms with Crippen molar-refractivity contribution in [3.63, 3.8) is 0 Å². The van der Waals surface area contributed by atoms with Gasteiger partial charge in [0.05, 0.1) is 25.7 Å². The lowest BCUT2D eigenvalue weighted by molar-refractivity contribution is -0.140. The van der Waals surface area contributed by atoms with Gasteiger partial charge in [0.1, 0.15) is 12.6 Å². The highest BCUT2D eigenvalue weighted by Gasteiger charge is 2.35. The Balaban J connectivity index is 1.73. The monoisotopic (exact) mass is 663 g/mol. The second-order valence-corrected chi connectivity index (χ2v) is 13.9. The molecule has 0 aliphatic heterocycles. The van der Waals surface area contributed by atoms with E-state index in [9.17, 15) is 18.0 Å². The van der Waals surface area contributed by atoms with Gasteiger partial charge in [-0.3, -0.25) is 13.9 Å². The number of hydrogen-bond donors (Lipinski definition) is 1. The number of sulfonamides is 1. The zero-order valence-electron chi connectivity index (χ0n) is 24.2. The van der Waals surface area contributed by atoms with E-state index in [1.54, 1.807) is 54.6 Å². The molecule has 0 radical (unpaired) electrons. The zero-order chi connectivity index (χ0) is 31.1. The molecule has 3 aromatic carbocycles. The molecule has 0 bridgehead atoms. The number of benzene rings is 3. The fourth-order valence-electron chi connectivity index (χ4n) is 5.30. The first kappa shape index (κ1) is 33.1. The maximum Gasteiger partial charge on any atom is 0.264 e. The maximum absolute atomic E-state index is 14.3. The molecule has 0 spiro atoms. The molecule has 0 heterocycles. The van der Waals surface area contributed by atoms with Crippen molar-refractivity contribution in [3.05, 3.63) is 92.9 Å². The van der Waals surface area contributed by atoms with Crippen molar-refractivity contribution in [1.82, 2.24) is 10.2 Å². The van der Waals surface area contributed by atoms with Crippen molar-refractivity contribution < 1.29 is 18.0 Å². The lowest BCUT2D eigenvalue weighted by Gasteiger charge is -2.34. The Labute approximate surface area is 269 Å². The summed E-state index contributed by atoms with van der Waals surface area (Å²) in [7, 11) is -4.22. The average Bonchev–Trinajstić information content (AvgIpc) is 2.98. The number of rotatable bonds is 11. The van der Waals surface area contributed by atoms with Gasteiger partial charge in [0, 0.05) is 12.6 Å². The van der Waals surface area contributed by atoms with Crippen molar-refractivity contribution in [2.24, 2.45) is 0 Å². The Kier molecular flexibility index (Phi) is 11.4. The summed E-state index contributed by atoms with van der Waals surface area (Å²) in [5.41, 5.74) is 1.70. The van der Waals surface area contributed by atoms with Gasteiger partial charge >= 0.3 is 0 Å². The summed E-state index contributed by atoms with van der Waals surface area (Å²) < 4.78 is 29.0. The molecule has 43 heavy (non-hydrogen) atoms. The minimum atomic E-state index is -4.22. The minimum absolute atomic E-state index is 0.0175. The Bertz CT molecular complexity index is 1540. The number of carbonyl (C=O) groups excluding carboxylic acids is 2. The smallest absolute Gasteiger partial charge is 0.264 e. The first-order valence-corrected chi connectivity index (χ1v) is 17.0. The number of para-hydroxylation sites is 1. The van der Waals surface area contributed by atoms with E-state index >= 15 is 0 Å². The summed E-state index contributed by atoms with van der Waals surface area (Å²) in [6.07, 6.45) is 5.31. The normalized spacial score (nSPS) is 14.6. The predicted octanol–water partition coefficient (Wildman–Crippen LogP) is 7.41. The highest BCUT2D eigenvalue weighted by Crippen LogP contribution is 2.31. The molecule has 11 heteroatoms. The largest absolute Gasteiger partial charge is 0.352 e. The first-order valence-electron chi connectivity index (χ1n) is 14.4. The highest BCUT2D eigenvalue weighted by atomic mass is 35.5. The van der Waals surface area contributed by atoms with Crippen molar-refractivity contribution >= 4 is 62.3 Å². The average molecular weight is 665 g/mol. The van der Waals surface area contributed by atoms with E-state index < -0.39 is 28.5 Å². The van der Waals surface area contributed by atoms with E-state index in [1.807, 2.05) is 13.8 Å². The van der Waals surface area contributed by atoms with Gasteiger partial charge < -0.3 is 10.2 Å². The first-order chi connectivity index (χ1) is 20.5. The van der Waals surface area contributed by atoms with Crippen molar-refractivity contribution in [1.29, 1.82) is 0 Å². The van der Waals surface area contributed by atoms with Crippen LogP contribution in [0.1, 0.15) is 56.6 Å². The summed E-state index contributed by atoms with van der Waals surface area (Å²) in [6, 6.07) is 17.0. The Morgan fingerprint density at radius 2 is 1.58 bits per heavy atom. The van der Waals surface area contributed by atoms with Gasteiger partial charge in [0.15, 0.2) is 0 Å². The number of nitrogens with one attached hydrogen (secondary N) is 1. The molecule has 2 amide bonds. The molecule has 1 atom stereocenters. The Morgan fingerprint density at radius 3 is 2.21 bits per heavy atom. The number of hydrogen-bond acceptors (Lipinski definition) is 4. The molecule has 3 aromatic rings. The summed E-state index contributed by atoms with van der Waals surface area (Å²) in [4.78, 5) is 29.4. The maximum atomic E-state index is 14.3. The van der Waals surface area contributed by atoms with Crippen LogP contribution in [-0.2, 0) is 26.2 Å². The van der Waals surface area contributed by atoms with E-state index in [4.69, 9.17) is 34.8 Å². The molecule has 4 rings (SSSR count). The van der Waals surface area contributed by atoms with Crippen LogP contribution >= 0.6 is 34.8 Å². The molecule has 230 valence electrons. The van der Waals surface area contributed by atoms with Crippen LogP contribution in [0.15, 0.2) is 71.6 Å². The van der Waals surface area contributed by atoms with Crippen LogP contribution in [0.3, 0.4) is 0 Å². The third kappa shape index (κ3) is 8.24. The summed E-state index contributed by atoms with van der Waals surface area (Å²) in [5.74, 6) is -0.833. The number of aryl methyl sites for hydroxylation is 1. The minimum Gasteiger partial charge on any atom is -0.352 e. The van der Waals surface area contributed by atoms with Gasteiger partial charge in [-0.15, -0.1) is 0 Å². The van der Waals surface area contributed by atoms with Crippen LogP contribution < -0.4 is 9.62 Å². The number of anilines is 1. The van der Waals surface area contributed by atoms with Crippen LogP contribution in [0.4, 0.5) is 5.69 Å². The number of amides is 2. The van der Waals surface area contributed by atoms with Crippen molar-refractivity contribution in [3.8, 4) is 0 Å². The van der Waals surface area contributed by atoms with Gasteiger partial charge in [0.2, 0.25) is 11.8 Å². The van der Waals surface area contributed by atoms with Crippen LogP contribution in [0, 0.1) is 6.92 Å². The summed E-state index contributed by atoms with van der Waals surface area (Å²) >= 11 is 18.9. The van der Waals surface area contributed by atoms with Gasteiger partial charge in [-0.2, -0.15) is 0 Å². The standard InChI is InChI=1S/C32H36Cl3N3O4S/c1-3-29(32(40)36-24-9-5-4-6-10-24)37(20-23-15-18-26(33)28(35)19-23)31(39)21-38(30-12-8-7-11-27(30)34)43(41,42)25-16-13-22(2)14-17-25/h7-8,11-19,24,29H,3-6,9-10,20-21H2,1-2H3,(H,36,40)/t29-/m1/s1. The molecule has 1 aliphatic rings. The molecule has 7 nitrogen and oxygen atoms in total. The van der Waals surface area contributed by atoms with Crippen molar-refractivity contribution in [2.45, 2.75) is 75.9 Å². The second-order valence-electron chi connectivity index (χ2n) is 10.8. The predicted molar refractivity (Wildman–Crippen MR) is 173 cm³/mol. The summed E-state index contributed by atoms with van der Waals surface area (Å²) in [6.45, 7) is 3.13. The summed E-state index contributed by atoms with van der Waals surface area (Å²) in [5, 5.41) is 3.98. The van der Waals surface area contributed by atoms with Gasteiger partial charge in [0.25, 0.3) is 10.0 Å². The topological polar surface area (TPSA) is 86.8 Å². The van der Waals surface area contributed by atoms with Crippen LogP contribution in [0.2, 0.25) is 15.1 Å². The van der Waals surface area contributed by atoms with E-state index in [1.165, 1.54) is 17.0 Å². The molecular formula is C32H36Cl3N3O4S. The molecule has 0 aromatic heterocycles. The molecule has 1 N–H and O–H groups in total. The highest BCUT2D eigenvalue weighted by molar-refractivity contribution is 7.92. The van der Waals surface area contributed by atoms with Crippen LogP contribution in [0.5, 0.6) is 0 Å². The third-order valence-corrected chi connectivity index (χ3v) is 10.5. The molecule has 1 fully saturated rings. The number of nitrogens with zero attached hydrogens (tertiary/aromatic N) is 2. The molecule has 1 saturated carbocycles. The van der Waals surface area contributed by atoms with E-state index in [-0.39, 0.29) is 34.1 Å². The zero-order valence-corrected chi connectivity index (χ0v) is 27.3. The molecule has 1 aliphatic carbocycles. The fourth-order valence-corrected chi connectivity index (χ4v) is 7.34. The fraction of sp³-hybridized carbons (Fsp3) is 0.375. The lowest BCUT2D eigenvalue weighted by Crippen LogP contribution is -2.54. The Hall–Kier alpha value is -2.78. The van der Waals surface area contributed by atoms with E-state index in [0.717, 1.165) is 42.0 Å². The number of carbonyl (C=O) groups is 2. The number of halogens is 3. The van der Waals surface area contributed by atoms with Gasteiger partial charge in [-0.1, -0.05) is 96.9 Å². The van der Waals surface area contributed by atoms with Gasteiger partial charge in [-0.05, 0) is 68.1 Å². The molecule has 0 unspecified atom stereocenters. The molecular weight excluding hydrogens is 629 g/mol. The lowest BCUT2D eigenvalue weighted by atomic mass is 9.95. The van der Waals surface area contributed by atoms with Crippen LogP contribution in [0.25, 0.3) is 0 Å². The van der Waals surface area contributed by atoms with Crippen LogP contribution in [-0.4, -0.2) is 43.8 Å². The Morgan fingerprint density at radius 1 is 0.907 bits per heavy atom. The van der Waals surface area contributed by atoms with E-state index in [0.29, 0.717) is 22.0 Å². The quantitative estimate of drug-likeness (QED) is 0.231. The van der Waals surface area contributed by atoms with Gasteiger partial charge in [-0.25, -0.2) is 8.42 Å². The third-order valence-electron chi connectivity index (χ3n) is 7.68. The SMILES string of the molecule is CC[C@H](C(=O)NC1CCCCC1)N(Cc1ccc(Cl)c(Cl)c1)C(=O)CN(c1ccccc1Cl)S(=O)(=O)c1ccc(C)cc1. The molecule has 0 saturated heterocycles. The second kappa shape index (κ2) is 14.8. The van der Waals surface area contributed by atoms with E-state index in [2.05, 4.69) is 5.32 Å².